The summed E-state index contributed by atoms with van der Waals surface area (Å²) in [5.41, 5.74) is 2.16. The van der Waals surface area contributed by atoms with Gasteiger partial charge >= 0.3 is 0 Å². The zero-order valence-electron chi connectivity index (χ0n) is 16.4. The van der Waals surface area contributed by atoms with E-state index in [1.165, 1.54) is 19.3 Å². The van der Waals surface area contributed by atoms with Gasteiger partial charge in [-0.05, 0) is 49.2 Å². The summed E-state index contributed by atoms with van der Waals surface area (Å²) < 4.78 is 7.28. The highest BCUT2D eigenvalue weighted by molar-refractivity contribution is 6.30. The van der Waals surface area contributed by atoms with Crippen LogP contribution in [-0.4, -0.2) is 28.6 Å². The van der Waals surface area contributed by atoms with Crippen LogP contribution in [0, 0.1) is 0 Å². The summed E-state index contributed by atoms with van der Waals surface area (Å²) in [5.74, 6) is 1.29. The van der Waals surface area contributed by atoms with Gasteiger partial charge in [-0.15, -0.1) is 0 Å². The lowest BCUT2D eigenvalue weighted by atomic mass is 9.95. The predicted octanol–water partition coefficient (Wildman–Crippen LogP) is 5.26. The van der Waals surface area contributed by atoms with Crippen molar-refractivity contribution in [2.24, 2.45) is 0 Å². The van der Waals surface area contributed by atoms with Gasteiger partial charge in [0.1, 0.15) is 17.3 Å². The summed E-state index contributed by atoms with van der Waals surface area (Å²) in [6.45, 7) is 0. The Labute approximate surface area is 175 Å². The molecule has 1 heterocycles. The van der Waals surface area contributed by atoms with E-state index in [2.05, 4.69) is 10.3 Å². The average molecular weight is 410 g/mol. The van der Waals surface area contributed by atoms with Crippen molar-refractivity contribution < 1.29 is 9.53 Å². The van der Waals surface area contributed by atoms with E-state index in [9.17, 15) is 4.79 Å². The number of carbonyl (C=O) groups excluding carboxylic acids is 1. The minimum absolute atomic E-state index is 0.131. The van der Waals surface area contributed by atoms with E-state index >= 15 is 0 Å². The molecule has 0 bridgehead atoms. The number of amides is 1. The molecule has 5 nitrogen and oxygen atoms in total. The van der Waals surface area contributed by atoms with Crippen molar-refractivity contribution in [1.29, 1.82) is 0 Å². The molecule has 0 unspecified atom stereocenters. The summed E-state index contributed by atoms with van der Waals surface area (Å²) in [7, 11) is 1.63. The van der Waals surface area contributed by atoms with Crippen LogP contribution in [-0.2, 0) is 0 Å². The van der Waals surface area contributed by atoms with E-state index in [1.54, 1.807) is 13.3 Å². The number of imidazole rings is 1. The fourth-order valence-corrected chi connectivity index (χ4v) is 3.89. The molecule has 0 aliphatic heterocycles. The largest absolute Gasteiger partial charge is 0.497 e. The monoisotopic (exact) mass is 409 g/mol. The fraction of sp³-hybridized carbons (Fsp3) is 0.304. The van der Waals surface area contributed by atoms with Crippen molar-refractivity contribution >= 4 is 17.5 Å². The molecule has 0 atom stereocenters. The number of hydrogen-bond donors (Lipinski definition) is 1. The number of rotatable bonds is 5. The third-order valence-corrected chi connectivity index (χ3v) is 5.56. The van der Waals surface area contributed by atoms with Gasteiger partial charge in [0, 0.05) is 28.5 Å². The molecule has 1 fully saturated rings. The van der Waals surface area contributed by atoms with Crippen molar-refractivity contribution in [1.82, 2.24) is 14.9 Å². The molecule has 1 saturated carbocycles. The highest BCUT2D eigenvalue weighted by atomic mass is 35.5. The van der Waals surface area contributed by atoms with E-state index in [1.807, 2.05) is 53.1 Å². The maximum atomic E-state index is 12.9. The molecule has 2 aromatic carbocycles. The summed E-state index contributed by atoms with van der Waals surface area (Å²) in [5, 5.41) is 3.81. The van der Waals surface area contributed by atoms with Crippen LogP contribution in [0.5, 0.6) is 5.75 Å². The van der Waals surface area contributed by atoms with Gasteiger partial charge < -0.3 is 10.1 Å². The Morgan fingerprint density at radius 2 is 1.90 bits per heavy atom. The first-order chi connectivity index (χ1) is 14.1. The first kappa shape index (κ1) is 19.5. The van der Waals surface area contributed by atoms with E-state index in [-0.39, 0.29) is 11.9 Å². The van der Waals surface area contributed by atoms with Crippen molar-refractivity contribution in [2.75, 3.05) is 7.11 Å². The molecule has 0 spiro atoms. The maximum Gasteiger partial charge on any atom is 0.271 e. The number of hydrogen-bond acceptors (Lipinski definition) is 3. The quantitative estimate of drug-likeness (QED) is 0.625. The molecule has 0 saturated heterocycles. The Hall–Kier alpha value is -2.79. The first-order valence-electron chi connectivity index (χ1n) is 9.94. The molecular weight excluding hydrogens is 386 g/mol. The summed E-state index contributed by atoms with van der Waals surface area (Å²) >= 11 is 6.05. The molecule has 1 aliphatic carbocycles. The Balaban J connectivity index is 1.71. The minimum Gasteiger partial charge on any atom is -0.497 e. The predicted molar refractivity (Wildman–Crippen MR) is 115 cm³/mol. The third kappa shape index (κ3) is 4.46. The lowest BCUT2D eigenvalue weighted by molar-refractivity contribution is 0.0923. The van der Waals surface area contributed by atoms with Gasteiger partial charge in [0.15, 0.2) is 0 Å². The van der Waals surface area contributed by atoms with Crippen molar-refractivity contribution in [3.63, 3.8) is 0 Å². The second-order valence-corrected chi connectivity index (χ2v) is 7.77. The molecule has 150 valence electrons. The molecule has 3 aromatic rings. The van der Waals surface area contributed by atoms with Crippen LogP contribution in [0.25, 0.3) is 17.1 Å². The Morgan fingerprint density at radius 1 is 1.14 bits per heavy atom. The van der Waals surface area contributed by atoms with Gasteiger partial charge in [-0.3, -0.25) is 9.36 Å². The molecule has 1 amide bonds. The number of halogens is 1. The lowest BCUT2D eigenvalue weighted by Crippen LogP contribution is -2.36. The van der Waals surface area contributed by atoms with E-state index in [0.29, 0.717) is 16.5 Å². The number of ether oxygens (including phenoxy) is 1. The average Bonchev–Trinajstić information content (AvgIpc) is 3.21. The molecule has 6 heteroatoms. The van der Waals surface area contributed by atoms with Crippen LogP contribution in [0.15, 0.2) is 54.7 Å². The second kappa shape index (κ2) is 8.70. The molecule has 0 radical (unpaired) electrons. The van der Waals surface area contributed by atoms with Gasteiger partial charge in [0.25, 0.3) is 5.91 Å². The normalized spacial score (nSPS) is 14.6. The smallest absolute Gasteiger partial charge is 0.271 e. The first-order valence-corrected chi connectivity index (χ1v) is 10.3. The van der Waals surface area contributed by atoms with Gasteiger partial charge in [0.05, 0.1) is 7.11 Å². The SMILES string of the molecule is COc1cccc(-c2nc(C(=O)NC3CCCCC3)cn2-c2ccc(Cl)cc2)c1. The topological polar surface area (TPSA) is 56.1 Å². The van der Waals surface area contributed by atoms with Gasteiger partial charge in [-0.2, -0.15) is 0 Å². The summed E-state index contributed by atoms with van der Waals surface area (Å²) in [6, 6.07) is 15.4. The Bertz CT molecular complexity index is 992. The zero-order chi connectivity index (χ0) is 20.2. The highest BCUT2D eigenvalue weighted by Crippen LogP contribution is 2.27. The number of aromatic nitrogens is 2. The summed E-state index contributed by atoms with van der Waals surface area (Å²) in [6.07, 6.45) is 7.44. The molecule has 1 N–H and O–H groups in total. The van der Waals surface area contributed by atoms with Crippen LogP contribution in [0.4, 0.5) is 0 Å². The molecule has 4 rings (SSSR count). The standard InChI is InChI=1S/C23H24ClN3O2/c1-29-20-9-5-6-16(14-20)22-26-21(23(28)25-18-7-3-2-4-8-18)15-27(22)19-12-10-17(24)11-13-19/h5-6,9-15,18H,2-4,7-8H2,1H3,(H,25,28). The third-order valence-electron chi connectivity index (χ3n) is 5.31. The van der Waals surface area contributed by atoms with Crippen LogP contribution >= 0.6 is 11.6 Å². The van der Waals surface area contributed by atoms with Crippen molar-refractivity contribution in [3.8, 4) is 22.8 Å². The number of nitrogens with one attached hydrogen (secondary N) is 1. The number of nitrogens with zero attached hydrogens (tertiary/aromatic N) is 2. The zero-order valence-corrected chi connectivity index (χ0v) is 17.2. The Kier molecular flexibility index (Phi) is 5.86. The van der Waals surface area contributed by atoms with Crippen LogP contribution < -0.4 is 10.1 Å². The molecule has 29 heavy (non-hydrogen) atoms. The van der Waals surface area contributed by atoms with Crippen molar-refractivity contribution in [3.05, 3.63) is 65.4 Å². The van der Waals surface area contributed by atoms with Crippen LogP contribution in [0.1, 0.15) is 42.6 Å². The van der Waals surface area contributed by atoms with E-state index in [4.69, 9.17) is 16.3 Å². The number of carbonyl (C=O) groups is 1. The van der Waals surface area contributed by atoms with E-state index in [0.717, 1.165) is 29.8 Å². The van der Waals surface area contributed by atoms with Crippen molar-refractivity contribution in [2.45, 2.75) is 38.1 Å². The van der Waals surface area contributed by atoms with Crippen LogP contribution in [0.3, 0.4) is 0 Å². The highest BCUT2D eigenvalue weighted by Gasteiger charge is 2.21. The molecule has 1 aromatic heterocycles. The minimum atomic E-state index is -0.131. The Morgan fingerprint density at radius 3 is 2.62 bits per heavy atom. The van der Waals surface area contributed by atoms with E-state index < -0.39 is 0 Å². The summed E-state index contributed by atoms with van der Waals surface area (Å²) in [4.78, 5) is 17.6. The molecular formula is C23H24ClN3O2. The molecule has 1 aliphatic rings. The van der Waals surface area contributed by atoms with Gasteiger partial charge in [-0.1, -0.05) is 43.0 Å². The number of methoxy groups -OCH3 is 1. The van der Waals surface area contributed by atoms with Gasteiger partial charge in [-0.25, -0.2) is 4.98 Å². The van der Waals surface area contributed by atoms with Crippen LogP contribution in [0.2, 0.25) is 5.02 Å². The number of benzene rings is 2. The maximum absolute atomic E-state index is 12.9. The lowest BCUT2D eigenvalue weighted by Gasteiger charge is -2.22. The van der Waals surface area contributed by atoms with Gasteiger partial charge in [0.2, 0.25) is 0 Å². The fourth-order valence-electron chi connectivity index (χ4n) is 3.76. The second-order valence-electron chi connectivity index (χ2n) is 7.34.